The molecule has 102 valence electrons. The summed E-state index contributed by atoms with van der Waals surface area (Å²) in [6, 6.07) is 4.72. The van der Waals surface area contributed by atoms with E-state index in [4.69, 9.17) is 0 Å². The second kappa shape index (κ2) is 6.29. The van der Waals surface area contributed by atoms with Gasteiger partial charge < -0.3 is 5.11 Å². The third kappa shape index (κ3) is 3.29. The fourth-order valence-electron chi connectivity index (χ4n) is 1.98. The second-order valence-electron chi connectivity index (χ2n) is 4.30. The SMILES string of the molecule is CCCC(O)C(CC)S(=O)(=O)c1ccc(F)cc1. The van der Waals surface area contributed by atoms with E-state index in [1.807, 2.05) is 6.92 Å². The molecule has 0 fully saturated rings. The van der Waals surface area contributed by atoms with Gasteiger partial charge in [-0.1, -0.05) is 20.3 Å². The van der Waals surface area contributed by atoms with E-state index in [1.165, 1.54) is 12.1 Å². The molecule has 0 aliphatic carbocycles. The number of hydrogen-bond donors (Lipinski definition) is 1. The first-order chi connectivity index (χ1) is 8.43. The molecule has 1 aromatic rings. The molecule has 5 heteroatoms. The monoisotopic (exact) mass is 274 g/mol. The lowest BCUT2D eigenvalue weighted by atomic mass is 10.1. The summed E-state index contributed by atoms with van der Waals surface area (Å²) in [6.45, 7) is 3.62. The Morgan fingerprint density at radius 3 is 2.22 bits per heavy atom. The van der Waals surface area contributed by atoms with Crippen LogP contribution in [0.4, 0.5) is 4.39 Å². The van der Waals surface area contributed by atoms with Crippen LogP contribution in [0.2, 0.25) is 0 Å². The lowest BCUT2D eigenvalue weighted by molar-refractivity contribution is 0.155. The second-order valence-corrected chi connectivity index (χ2v) is 6.47. The summed E-state index contributed by atoms with van der Waals surface area (Å²) in [5, 5.41) is 9.08. The molecule has 0 aliphatic rings. The van der Waals surface area contributed by atoms with Gasteiger partial charge in [0.25, 0.3) is 0 Å². The van der Waals surface area contributed by atoms with Gasteiger partial charge in [-0.05, 0) is 37.1 Å². The quantitative estimate of drug-likeness (QED) is 0.811. The van der Waals surface area contributed by atoms with Crippen molar-refractivity contribution in [1.82, 2.24) is 0 Å². The van der Waals surface area contributed by atoms with Crippen molar-refractivity contribution in [3.8, 4) is 0 Å². The smallest absolute Gasteiger partial charge is 0.183 e. The van der Waals surface area contributed by atoms with Crippen LogP contribution in [0.5, 0.6) is 0 Å². The van der Waals surface area contributed by atoms with Crippen molar-refractivity contribution in [1.29, 1.82) is 0 Å². The van der Waals surface area contributed by atoms with Crippen LogP contribution in [0.25, 0.3) is 0 Å². The minimum Gasteiger partial charge on any atom is -0.392 e. The Morgan fingerprint density at radius 2 is 1.78 bits per heavy atom. The van der Waals surface area contributed by atoms with Crippen LogP contribution in [-0.2, 0) is 9.84 Å². The molecule has 0 radical (unpaired) electrons. The Kier molecular flexibility index (Phi) is 5.28. The highest BCUT2D eigenvalue weighted by Crippen LogP contribution is 2.23. The van der Waals surface area contributed by atoms with Gasteiger partial charge in [0.2, 0.25) is 0 Å². The first kappa shape index (κ1) is 15.1. The molecule has 3 nitrogen and oxygen atoms in total. The van der Waals surface area contributed by atoms with E-state index in [9.17, 15) is 17.9 Å². The lowest BCUT2D eigenvalue weighted by Crippen LogP contribution is -2.33. The molecule has 0 heterocycles. The summed E-state index contributed by atoms with van der Waals surface area (Å²) in [4.78, 5) is 0.0610. The van der Waals surface area contributed by atoms with Gasteiger partial charge in [0, 0.05) is 0 Å². The normalized spacial score (nSPS) is 15.3. The molecule has 2 atom stereocenters. The highest BCUT2D eigenvalue weighted by atomic mass is 32.2. The van der Waals surface area contributed by atoms with Crippen molar-refractivity contribution in [2.45, 2.75) is 49.4 Å². The fraction of sp³-hybridized carbons (Fsp3) is 0.538. The molecule has 1 aromatic carbocycles. The predicted octanol–water partition coefficient (Wildman–Crippen LogP) is 2.54. The van der Waals surface area contributed by atoms with Gasteiger partial charge in [-0.15, -0.1) is 0 Å². The average Bonchev–Trinajstić information content (AvgIpc) is 2.30. The van der Waals surface area contributed by atoms with Crippen molar-refractivity contribution in [3.63, 3.8) is 0 Å². The number of rotatable bonds is 6. The molecule has 0 spiro atoms. The molecule has 1 rings (SSSR count). The van der Waals surface area contributed by atoms with Gasteiger partial charge >= 0.3 is 0 Å². The van der Waals surface area contributed by atoms with E-state index in [0.29, 0.717) is 12.8 Å². The van der Waals surface area contributed by atoms with E-state index < -0.39 is 27.0 Å². The first-order valence-corrected chi connectivity index (χ1v) is 7.65. The molecule has 0 saturated heterocycles. The van der Waals surface area contributed by atoms with Gasteiger partial charge in [-0.25, -0.2) is 12.8 Å². The van der Waals surface area contributed by atoms with Gasteiger partial charge in [-0.2, -0.15) is 0 Å². The number of halogens is 1. The van der Waals surface area contributed by atoms with E-state index >= 15 is 0 Å². The van der Waals surface area contributed by atoms with Crippen molar-refractivity contribution in [2.24, 2.45) is 0 Å². The molecule has 0 bridgehead atoms. The highest BCUT2D eigenvalue weighted by molar-refractivity contribution is 7.92. The molecular formula is C13H19FO3S. The summed E-state index contributed by atoms with van der Waals surface area (Å²) in [7, 11) is -3.61. The molecule has 0 aliphatic heterocycles. The Labute approximate surface area is 108 Å². The maximum absolute atomic E-state index is 12.8. The molecular weight excluding hydrogens is 255 g/mol. The van der Waals surface area contributed by atoms with Crippen LogP contribution >= 0.6 is 0 Å². The summed E-state index contributed by atoms with van der Waals surface area (Å²) in [5.74, 6) is -0.476. The number of sulfone groups is 1. The molecule has 0 amide bonds. The van der Waals surface area contributed by atoms with E-state index in [0.717, 1.165) is 18.6 Å². The van der Waals surface area contributed by atoms with Crippen LogP contribution in [0.15, 0.2) is 29.2 Å². The summed E-state index contributed by atoms with van der Waals surface area (Å²) in [6.07, 6.45) is 0.617. The number of aliphatic hydroxyl groups excluding tert-OH is 1. The van der Waals surface area contributed by atoms with E-state index in [1.54, 1.807) is 6.92 Å². The Balaban J connectivity index is 3.06. The average molecular weight is 274 g/mol. The van der Waals surface area contributed by atoms with E-state index in [2.05, 4.69) is 0 Å². The van der Waals surface area contributed by atoms with Crippen LogP contribution in [-0.4, -0.2) is 24.9 Å². The summed E-state index contributed by atoms with van der Waals surface area (Å²) >= 11 is 0. The zero-order chi connectivity index (χ0) is 13.8. The van der Waals surface area contributed by atoms with Gasteiger partial charge in [0.15, 0.2) is 9.84 Å². The third-order valence-electron chi connectivity index (χ3n) is 2.96. The maximum atomic E-state index is 12.8. The predicted molar refractivity (Wildman–Crippen MR) is 68.6 cm³/mol. The highest BCUT2D eigenvalue weighted by Gasteiger charge is 2.31. The van der Waals surface area contributed by atoms with Crippen molar-refractivity contribution in [2.75, 3.05) is 0 Å². The minimum atomic E-state index is -3.61. The molecule has 18 heavy (non-hydrogen) atoms. The molecule has 2 unspecified atom stereocenters. The van der Waals surface area contributed by atoms with Crippen molar-refractivity contribution in [3.05, 3.63) is 30.1 Å². The van der Waals surface area contributed by atoms with Crippen molar-refractivity contribution < 1.29 is 17.9 Å². The van der Waals surface area contributed by atoms with Crippen molar-refractivity contribution >= 4 is 9.84 Å². The standard InChI is InChI=1S/C13H19FO3S/c1-3-5-12(15)13(4-2)18(16,17)11-8-6-10(14)7-9-11/h6-9,12-13,15H,3-5H2,1-2H3. The van der Waals surface area contributed by atoms with Crippen LogP contribution in [0, 0.1) is 5.82 Å². The Hall–Kier alpha value is -0.940. The zero-order valence-corrected chi connectivity index (χ0v) is 11.5. The lowest BCUT2D eigenvalue weighted by Gasteiger charge is -2.21. The molecule has 0 saturated carbocycles. The Bertz CT molecular complexity index is 468. The zero-order valence-electron chi connectivity index (χ0n) is 10.6. The fourth-order valence-corrected chi connectivity index (χ4v) is 3.83. The van der Waals surface area contributed by atoms with Gasteiger partial charge in [-0.3, -0.25) is 0 Å². The maximum Gasteiger partial charge on any atom is 0.183 e. The van der Waals surface area contributed by atoms with Crippen LogP contribution in [0.3, 0.4) is 0 Å². The van der Waals surface area contributed by atoms with Gasteiger partial charge in [0.05, 0.1) is 16.2 Å². The number of aliphatic hydroxyl groups is 1. The largest absolute Gasteiger partial charge is 0.392 e. The molecule has 1 N–H and O–H groups in total. The van der Waals surface area contributed by atoms with Crippen LogP contribution in [0.1, 0.15) is 33.1 Å². The topological polar surface area (TPSA) is 54.4 Å². The minimum absolute atomic E-state index is 0.0610. The summed E-state index contributed by atoms with van der Waals surface area (Å²) in [5.41, 5.74) is 0. The molecule has 0 aromatic heterocycles. The van der Waals surface area contributed by atoms with E-state index in [-0.39, 0.29) is 4.90 Å². The Morgan fingerprint density at radius 1 is 1.22 bits per heavy atom. The number of hydrogen-bond acceptors (Lipinski definition) is 3. The van der Waals surface area contributed by atoms with Crippen LogP contribution < -0.4 is 0 Å². The summed E-state index contributed by atoms with van der Waals surface area (Å²) < 4.78 is 37.4. The number of benzene rings is 1. The first-order valence-electron chi connectivity index (χ1n) is 6.11. The van der Waals surface area contributed by atoms with Gasteiger partial charge in [0.1, 0.15) is 5.82 Å². The third-order valence-corrected chi connectivity index (χ3v) is 5.33.